The molecule has 6 rings (SSSR count). The molecule has 2 N–H and O–H groups in total. The molecule has 0 unspecified atom stereocenters. The van der Waals surface area contributed by atoms with Crippen LogP contribution in [0.5, 0.6) is 5.75 Å². The number of rotatable bonds is 5. The third kappa shape index (κ3) is 3.86. The largest absolute Gasteiger partial charge is 0.507 e. The zero-order valence-electron chi connectivity index (χ0n) is 20.3. The standard InChI is InChI=1S/C25H28FN9O/c1-24-8-3-9-25(2,32-24)22(26)19(11-24)35(16-4-5-16)21-13-28-23(31-30-21)18-7-6-17(10-20(18)36)34-14-15(12-27)29-33-34/h6-7,10,13-14,16,19,22,32,36H,3-5,8-9,11H2,1-2H3/t19-,22-,24-,25+/m0/s1. The lowest BCUT2D eigenvalue weighted by Gasteiger charge is -2.57. The average molecular weight is 490 g/mol. The number of nitrogens with one attached hydrogen (secondary N) is 1. The number of phenols is 1. The highest BCUT2D eigenvalue weighted by Gasteiger charge is 2.55. The lowest BCUT2D eigenvalue weighted by Crippen LogP contribution is -2.73. The van der Waals surface area contributed by atoms with Gasteiger partial charge in [0.15, 0.2) is 17.3 Å². The van der Waals surface area contributed by atoms with Crippen molar-refractivity contribution in [2.45, 2.75) is 81.7 Å². The molecular formula is C25H28FN9O. The van der Waals surface area contributed by atoms with E-state index in [1.165, 1.54) is 16.9 Å². The number of hydrogen-bond donors (Lipinski definition) is 2. The van der Waals surface area contributed by atoms with E-state index < -0.39 is 11.7 Å². The number of benzene rings is 1. The first-order valence-corrected chi connectivity index (χ1v) is 12.4. The van der Waals surface area contributed by atoms with Gasteiger partial charge in [0.2, 0.25) is 0 Å². The van der Waals surface area contributed by atoms with E-state index in [4.69, 9.17) is 5.26 Å². The molecule has 186 valence electrons. The minimum atomic E-state index is -1.03. The van der Waals surface area contributed by atoms with Crippen molar-refractivity contribution in [2.75, 3.05) is 4.90 Å². The highest BCUT2D eigenvalue weighted by Crippen LogP contribution is 2.46. The van der Waals surface area contributed by atoms with Gasteiger partial charge in [0.25, 0.3) is 0 Å². The average Bonchev–Trinajstić information content (AvgIpc) is 3.57. The first-order chi connectivity index (χ1) is 17.3. The van der Waals surface area contributed by atoms with E-state index in [1.807, 2.05) is 13.0 Å². The molecule has 2 saturated heterocycles. The van der Waals surface area contributed by atoms with Crippen LogP contribution in [0.15, 0.2) is 30.6 Å². The predicted octanol–water partition coefficient (Wildman–Crippen LogP) is 3.07. The lowest BCUT2D eigenvalue weighted by molar-refractivity contribution is 0.000258. The summed E-state index contributed by atoms with van der Waals surface area (Å²) in [5.74, 6) is 0.794. The Morgan fingerprint density at radius 3 is 2.72 bits per heavy atom. The fraction of sp³-hybridized carbons (Fsp3) is 0.520. The summed E-state index contributed by atoms with van der Waals surface area (Å²) in [6.45, 7) is 4.21. The summed E-state index contributed by atoms with van der Waals surface area (Å²) in [4.78, 5) is 6.60. The van der Waals surface area contributed by atoms with Crippen molar-refractivity contribution < 1.29 is 9.50 Å². The van der Waals surface area contributed by atoms with Crippen LogP contribution in [0.2, 0.25) is 0 Å². The maximum absolute atomic E-state index is 16.0. The minimum absolute atomic E-state index is 0.0500. The number of fused-ring (bicyclic) bond motifs is 2. The van der Waals surface area contributed by atoms with Crippen LogP contribution >= 0.6 is 0 Å². The molecule has 2 bridgehead atoms. The smallest absolute Gasteiger partial charge is 0.185 e. The second kappa shape index (κ2) is 8.20. The fourth-order valence-electron chi connectivity index (χ4n) is 6.03. The molecule has 4 atom stereocenters. The van der Waals surface area contributed by atoms with E-state index in [9.17, 15) is 5.11 Å². The highest BCUT2D eigenvalue weighted by atomic mass is 19.1. The molecule has 3 aromatic rings. The fourth-order valence-corrected chi connectivity index (χ4v) is 6.03. The Bertz CT molecular complexity index is 1330. The van der Waals surface area contributed by atoms with Crippen LogP contribution < -0.4 is 10.2 Å². The van der Waals surface area contributed by atoms with Gasteiger partial charge < -0.3 is 15.3 Å². The van der Waals surface area contributed by atoms with E-state index in [2.05, 4.69) is 42.6 Å². The number of nitriles is 1. The zero-order chi connectivity index (χ0) is 25.1. The quantitative estimate of drug-likeness (QED) is 0.555. The SMILES string of the molecule is C[C@@]12CCC[C@@](C)(N1)[C@@H](F)[C@@H](N(c1cnc(-c3ccc(-n4cc(C#N)nn4)cc3O)nn1)C1CC1)C2. The third-order valence-electron chi connectivity index (χ3n) is 7.82. The predicted molar refractivity (Wildman–Crippen MR) is 129 cm³/mol. The van der Waals surface area contributed by atoms with Crippen LogP contribution in [0.1, 0.15) is 58.1 Å². The Labute approximate surface area is 208 Å². The van der Waals surface area contributed by atoms with Crippen LogP contribution in [-0.4, -0.2) is 64.6 Å². The van der Waals surface area contributed by atoms with E-state index in [1.54, 1.807) is 18.3 Å². The summed E-state index contributed by atoms with van der Waals surface area (Å²) < 4.78 is 17.4. The van der Waals surface area contributed by atoms with Crippen molar-refractivity contribution >= 4 is 5.82 Å². The van der Waals surface area contributed by atoms with Crippen LogP contribution in [0.4, 0.5) is 10.2 Å². The Morgan fingerprint density at radius 2 is 2.06 bits per heavy atom. The van der Waals surface area contributed by atoms with Gasteiger partial charge in [-0.3, -0.25) is 0 Å². The van der Waals surface area contributed by atoms with Gasteiger partial charge in [0.1, 0.15) is 18.0 Å². The van der Waals surface area contributed by atoms with Crippen LogP contribution in [0.3, 0.4) is 0 Å². The highest BCUT2D eigenvalue weighted by molar-refractivity contribution is 5.66. The van der Waals surface area contributed by atoms with Gasteiger partial charge >= 0.3 is 0 Å². The molecule has 3 aliphatic rings. The molecule has 36 heavy (non-hydrogen) atoms. The molecule has 1 saturated carbocycles. The summed E-state index contributed by atoms with van der Waals surface area (Å²) in [5, 5.41) is 39.6. The van der Waals surface area contributed by atoms with Crippen molar-refractivity contribution in [1.29, 1.82) is 5.26 Å². The number of hydrogen-bond acceptors (Lipinski definition) is 9. The maximum Gasteiger partial charge on any atom is 0.185 e. The Balaban J connectivity index is 1.28. The number of phenolic OH excluding ortho intramolecular Hbond substituents is 1. The number of nitrogens with zero attached hydrogens (tertiary/aromatic N) is 8. The lowest BCUT2D eigenvalue weighted by atomic mass is 9.68. The topological polar surface area (TPSA) is 129 Å². The molecule has 10 nitrogen and oxygen atoms in total. The van der Waals surface area contributed by atoms with Gasteiger partial charge in [0, 0.05) is 23.2 Å². The minimum Gasteiger partial charge on any atom is -0.507 e. The Hall–Kier alpha value is -3.65. The van der Waals surface area contributed by atoms with E-state index in [0.717, 1.165) is 32.1 Å². The van der Waals surface area contributed by atoms with Gasteiger partial charge in [0.05, 0.1) is 29.7 Å². The second-order valence-corrected chi connectivity index (χ2v) is 10.8. The molecule has 0 spiro atoms. The van der Waals surface area contributed by atoms with E-state index in [-0.39, 0.29) is 34.9 Å². The van der Waals surface area contributed by atoms with Crippen LogP contribution in [0.25, 0.3) is 17.1 Å². The summed E-state index contributed by atoms with van der Waals surface area (Å²) >= 11 is 0. The van der Waals surface area contributed by atoms with Crippen molar-refractivity contribution in [3.63, 3.8) is 0 Å². The Morgan fingerprint density at radius 1 is 1.22 bits per heavy atom. The number of aromatic nitrogens is 6. The van der Waals surface area contributed by atoms with Gasteiger partial charge in [-0.15, -0.1) is 15.3 Å². The van der Waals surface area contributed by atoms with Gasteiger partial charge in [-0.25, -0.2) is 14.1 Å². The van der Waals surface area contributed by atoms with Gasteiger partial charge in [-0.2, -0.15) is 5.26 Å². The van der Waals surface area contributed by atoms with E-state index >= 15 is 4.39 Å². The summed E-state index contributed by atoms with van der Waals surface area (Å²) in [7, 11) is 0. The summed E-state index contributed by atoms with van der Waals surface area (Å²) in [6.07, 6.45) is 7.70. The summed E-state index contributed by atoms with van der Waals surface area (Å²) in [5.41, 5.74) is 0.492. The van der Waals surface area contributed by atoms with Crippen LogP contribution in [0, 0.1) is 11.3 Å². The van der Waals surface area contributed by atoms with Crippen molar-refractivity contribution in [3.8, 4) is 28.9 Å². The van der Waals surface area contributed by atoms with Crippen molar-refractivity contribution in [1.82, 2.24) is 35.5 Å². The van der Waals surface area contributed by atoms with Crippen molar-refractivity contribution in [3.05, 3.63) is 36.3 Å². The molecule has 0 radical (unpaired) electrons. The third-order valence-corrected chi connectivity index (χ3v) is 7.82. The first-order valence-electron chi connectivity index (χ1n) is 12.4. The number of piperidine rings is 2. The molecular weight excluding hydrogens is 461 g/mol. The maximum atomic E-state index is 16.0. The molecule has 1 aromatic carbocycles. The molecule has 11 heteroatoms. The van der Waals surface area contributed by atoms with Gasteiger partial charge in [-0.1, -0.05) is 5.21 Å². The molecule has 4 heterocycles. The number of anilines is 1. The number of halogens is 1. The molecule has 0 amide bonds. The molecule has 2 aromatic heterocycles. The molecule has 2 aliphatic heterocycles. The van der Waals surface area contributed by atoms with Crippen LogP contribution in [-0.2, 0) is 0 Å². The van der Waals surface area contributed by atoms with E-state index in [0.29, 0.717) is 23.5 Å². The second-order valence-electron chi connectivity index (χ2n) is 10.8. The van der Waals surface area contributed by atoms with Crippen molar-refractivity contribution in [2.24, 2.45) is 0 Å². The normalized spacial score (nSPS) is 29.5. The zero-order valence-corrected chi connectivity index (χ0v) is 20.3. The van der Waals surface area contributed by atoms with Gasteiger partial charge in [-0.05, 0) is 64.5 Å². The molecule has 3 fully saturated rings. The molecule has 1 aliphatic carbocycles. The first kappa shape index (κ1) is 22.8. The number of alkyl halides is 1. The number of aromatic hydroxyl groups is 1. The Kier molecular flexibility index (Phi) is 5.19. The summed E-state index contributed by atoms with van der Waals surface area (Å²) in [6, 6.07) is 6.77. The monoisotopic (exact) mass is 489 g/mol.